The topological polar surface area (TPSA) is 76.4 Å². The number of benzene rings is 1. The van der Waals surface area contributed by atoms with Crippen molar-refractivity contribution in [3.63, 3.8) is 0 Å². The Hall–Kier alpha value is -1.91. The molecule has 0 saturated heterocycles. The first-order chi connectivity index (χ1) is 11.6. The summed E-state index contributed by atoms with van der Waals surface area (Å²) >= 11 is 0. The number of para-hydroxylation sites is 1. The second kappa shape index (κ2) is 10.9. The zero-order chi connectivity index (χ0) is 17.4. The maximum atomic E-state index is 13.6. The number of aryl methyl sites for hydroxylation is 1. The van der Waals surface area contributed by atoms with E-state index in [2.05, 4.69) is 25.8 Å². The van der Waals surface area contributed by atoms with Crippen molar-refractivity contribution in [2.75, 3.05) is 13.6 Å². The Morgan fingerprint density at radius 3 is 2.80 bits per heavy atom. The molecule has 138 valence electrons. The summed E-state index contributed by atoms with van der Waals surface area (Å²) in [5.74, 6) is 1.32. The predicted molar refractivity (Wildman–Crippen MR) is 106 cm³/mol. The number of guanidine groups is 1. The van der Waals surface area contributed by atoms with Gasteiger partial charge in [-0.1, -0.05) is 12.1 Å². The molecule has 1 aromatic heterocycles. The van der Waals surface area contributed by atoms with Crippen LogP contribution in [0.4, 0.5) is 4.39 Å². The molecule has 0 bridgehead atoms. The third-order valence-electron chi connectivity index (χ3n) is 3.40. The van der Waals surface area contributed by atoms with Crippen LogP contribution in [0.25, 0.3) is 0 Å². The highest BCUT2D eigenvalue weighted by molar-refractivity contribution is 14.0. The standard InChI is InChI=1S/C16H23FN6O.HI/c1-4-23-11-21-22-15(23)10-20-16(18-3)19-9-12(2)24-14-8-6-5-7-13(14)17;/h5-8,11-12H,4,9-10H2,1-3H3,(H2,18,19,20);1H. The van der Waals surface area contributed by atoms with Crippen molar-refractivity contribution in [2.24, 2.45) is 4.99 Å². The van der Waals surface area contributed by atoms with Crippen LogP contribution < -0.4 is 15.4 Å². The van der Waals surface area contributed by atoms with Crippen LogP contribution in [0.15, 0.2) is 35.6 Å². The lowest BCUT2D eigenvalue weighted by Crippen LogP contribution is -2.41. The largest absolute Gasteiger partial charge is 0.486 e. The first kappa shape index (κ1) is 21.1. The monoisotopic (exact) mass is 462 g/mol. The molecule has 0 radical (unpaired) electrons. The van der Waals surface area contributed by atoms with Gasteiger partial charge in [0.05, 0.1) is 13.1 Å². The predicted octanol–water partition coefficient (Wildman–Crippen LogP) is 2.19. The molecule has 1 atom stereocenters. The number of ether oxygens (including phenoxy) is 1. The van der Waals surface area contributed by atoms with E-state index in [-0.39, 0.29) is 41.6 Å². The van der Waals surface area contributed by atoms with Gasteiger partial charge in [0.15, 0.2) is 23.4 Å². The molecular formula is C16H24FIN6O. The quantitative estimate of drug-likeness (QED) is 0.375. The molecule has 0 aliphatic rings. The molecule has 2 N–H and O–H groups in total. The molecule has 0 aliphatic heterocycles. The third-order valence-corrected chi connectivity index (χ3v) is 3.40. The van der Waals surface area contributed by atoms with Crippen LogP contribution in [0.2, 0.25) is 0 Å². The second-order valence-corrected chi connectivity index (χ2v) is 5.20. The summed E-state index contributed by atoms with van der Waals surface area (Å²) in [6.45, 7) is 5.69. The van der Waals surface area contributed by atoms with Crippen molar-refractivity contribution >= 4 is 29.9 Å². The van der Waals surface area contributed by atoms with E-state index < -0.39 is 0 Å². The van der Waals surface area contributed by atoms with Crippen LogP contribution in [0.1, 0.15) is 19.7 Å². The first-order valence-electron chi connectivity index (χ1n) is 7.86. The molecule has 9 heteroatoms. The fourth-order valence-corrected chi connectivity index (χ4v) is 2.10. The van der Waals surface area contributed by atoms with Gasteiger partial charge in [-0.15, -0.1) is 34.2 Å². The minimum atomic E-state index is -0.370. The lowest BCUT2D eigenvalue weighted by molar-refractivity contribution is 0.214. The number of aromatic nitrogens is 3. The van der Waals surface area contributed by atoms with Gasteiger partial charge in [0.25, 0.3) is 0 Å². The molecule has 2 rings (SSSR count). The molecule has 2 aromatic rings. The van der Waals surface area contributed by atoms with E-state index in [1.54, 1.807) is 31.6 Å². The van der Waals surface area contributed by atoms with Crippen molar-refractivity contribution in [2.45, 2.75) is 33.0 Å². The summed E-state index contributed by atoms with van der Waals surface area (Å²) in [6.07, 6.45) is 1.47. The molecule has 0 spiro atoms. The zero-order valence-electron chi connectivity index (χ0n) is 14.6. The minimum absolute atomic E-state index is 0. The fraction of sp³-hybridized carbons (Fsp3) is 0.438. The smallest absolute Gasteiger partial charge is 0.191 e. The molecule has 1 unspecified atom stereocenters. The lowest BCUT2D eigenvalue weighted by atomic mass is 10.3. The van der Waals surface area contributed by atoms with Crippen LogP contribution in [0, 0.1) is 5.82 Å². The summed E-state index contributed by atoms with van der Waals surface area (Å²) in [7, 11) is 1.68. The Bertz CT molecular complexity index is 678. The van der Waals surface area contributed by atoms with Crippen molar-refractivity contribution in [3.05, 3.63) is 42.2 Å². The average Bonchev–Trinajstić information content (AvgIpc) is 3.04. The summed E-state index contributed by atoms with van der Waals surface area (Å²) in [5, 5.41) is 14.2. The van der Waals surface area contributed by atoms with Gasteiger partial charge in [-0.3, -0.25) is 4.99 Å². The van der Waals surface area contributed by atoms with Crippen LogP contribution in [0.5, 0.6) is 5.75 Å². The second-order valence-electron chi connectivity index (χ2n) is 5.20. The SMILES string of the molecule is CCn1cnnc1CNC(=NC)NCC(C)Oc1ccccc1F.I. The van der Waals surface area contributed by atoms with Gasteiger partial charge in [0, 0.05) is 13.6 Å². The molecular weight excluding hydrogens is 438 g/mol. The van der Waals surface area contributed by atoms with Gasteiger partial charge in [0.1, 0.15) is 12.4 Å². The van der Waals surface area contributed by atoms with E-state index in [0.29, 0.717) is 19.0 Å². The Morgan fingerprint density at radius 2 is 2.12 bits per heavy atom. The normalized spacial score (nSPS) is 12.2. The molecule has 7 nitrogen and oxygen atoms in total. The molecule has 0 saturated carbocycles. The van der Waals surface area contributed by atoms with Gasteiger partial charge in [-0.2, -0.15) is 0 Å². The number of nitrogens with zero attached hydrogens (tertiary/aromatic N) is 4. The van der Waals surface area contributed by atoms with Gasteiger partial charge < -0.3 is 19.9 Å². The van der Waals surface area contributed by atoms with E-state index >= 15 is 0 Å². The van der Waals surface area contributed by atoms with E-state index in [1.165, 1.54) is 6.07 Å². The number of hydrogen-bond acceptors (Lipinski definition) is 4. The Balaban J connectivity index is 0.00000312. The maximum Gasteiger partial charge on any atom is 0.191 e. The van der Waals surface area contributed by atoms with E-state index in [4.69, 9.17) is 4.74 Å². The first-order valence-corrected chi connectivity index (χ1v) is 7.86. The van der Waals surface area contributed by atoms with Crippen LogP contribution in [-0.2, 0) is 13.1 Å². The Kier molecular flexibility index (Phi) is 9.17. The highest BCUT2D eigenvalue weighted by Crippen LogP contribution is 2.16. The summed E-state index contributed by atoms with van der Waals surface area (Å²) in [5.41, 5.74) is 0. The van der Waals surface area contributed by atoms with Crippen molar-refractivity contribution in [1.29, 1.82) is 0 Å². The van der Waals surface area contributed by atoms with Gasteiger partial charge in [0.2, 0.25) is 0 Å². The number of halogens is 2. The van der Waals surface area contributed by atoms with Crippen molar-refractivity contribution < 1.29 is 9.13 Å². The van der Waals surface area contributed by atoms with Gasteiger partial charge in [-0.25, -0.2) is 4.39 Å². The van der Waals surface area contributed by atoms with Crippen LogP contribution in [0.3, 0.4) is 0 Å². The van der Waals surface area contributed by atoms with E-state index in [9.17, 15) is 4.39 Å². The van der Waals surface area contributed by atoms with E-state index in [0.717, 1.165) is 12.4 Å². The number of hydrogen-bond donors (Lipinski definition) is 2. The maximum absolute atomic E-state index is 13.6. The summed E-state index contributed by atoms with van der Waals surface area (Å²) in [6, 6.07) is 6.35. The number of rotatable bonds is 7. The molecule has 25 heavy (non-hydrogen) atoms. The van der Waals surface area contributed by atoms with Crippen LogP contribution in [-0.4, -0.2) is 40.4 Å². The molecule has 0 aliphatic carbocycles. The highest BCUT2D eigenvalue weighted by Gasteiger charge is 2.09. The van der Waals surface area contributed by atoms with Crippen molar-refractivity contribution in [1.82, 2.24) is 25.4 Å². The Morgan fingerprint density at radius 1 is 1.36 bits per heavy atom. The number of nitrogens with one attached hydrogen (secondary N) is 2. The summed E-state index contributed by atoms with van der Waals surface area (Å²) < 4.78 is 21.1. The fourth-order valence-electron chi connectivity index (χ4n) is 2.10. The summed E-state index contributed by atoms with van der Waals surface area (Å²) in [4.78, 5) is 4.15. The van der Waals surface area contributed by atoms with Crippen LogP contribution >= 0.6 is 24.0 Å². The average molecular weight is 462 g/mol. The third kappa shape index (κ3) is 6.48. The highest BCUT2D eigenvalue weighted by atomic mass is 127. The van der Waals surface area contributed by atoms with Gasteiger partial charge in [-0.05, 0) is 26.0 Å². The molecule has 1 aromatic carbocycles. The number of aliphatic imine (C=N–C) groups is 1. The van der Waals surface area contributed by atoms with Gasteiger partial charge >= 0.3 is 0 Å². The van der Waals surface area contributed by atoms with Crippen molar-refractivity contribution in [3.8, 4) is 5.75 Å². The lowest BCUT2D eigenvalue weighted by Gasteiger charge is -2.18. The Labute approximate surface area is 164 Å². The molecule has 1 heterocycles. The minimum Gasteiger partial charge on any atom is -0.486 e. The zero-order valence-corrected chi connectivity index (χ0v) is 16.9. The van der Waals surface area contributed by atoms with E-state index in [1.807, 2.05) is 18.4 Å². The molecule has 0 amide bonds. The molecule has 0 fully saturated rings.